The highest BCUT2D eigenvalue weighted by molar-refractivity contribution is 6.03. The quantitative estimate of drug-likeness (QED) is 0.302. The number of carbonyl (C=O) groups excluding carboxylic acids is 1. The van der Waals surface area contributed by atoms with E-state index in [0.29, 0.717) is 18.8 Å². The van der Waals surface area contributed by atoms with E-state index in [1.807, 2.05) is 55.5 Å². The lowest BCUT2D eigenvalue weighted by Gasteiger charge is -2.47. The van der Waals surface area contributed by atoms with Gasteiger partial charge >= 0.3 is 0 Å². The Bertz CT molecular complexity index is 1280. The second-order valence-electron chi connectivity index (χ2n) is 10.5. The van der Waals surface area contributed by atoms with Crippen LogP contribution >= 0.6 is 0 Å². The summed E-state index contributed by atoms with van der Waals surface area (Å²) in [5, 5.41) is 40.0. The van der Waals surface area contributed by atoms with E-state index in [4.69, 9.17) is 9.47 Å². The maximum absolute atomic E-state index is 13.3. The van der Waals surface area contributed by atoms with E-state index < -0.39 is 37.1 Å². The summed E-state index contributed by atoms with van der Waals surface area (Å²) < 4.78 is 24.6. The molecule has 2 aliphatic rings. The normalized spacial score (nSPS) is 28.3. The Morgan fingerprint density at radius 1 is 0.875 bits per heavy atom. The highest BCUT2D eigenvalue weighted by Gasteiger charge is 2.48. The smallest absolute Gasteiger partial charge is 0.233 e. The maximum Gasteiger partial charge on any atom is 0.233 e. The van der Waals surface area contributed by atoms with Gasteiger partial charge in [-0.1, -0.05) is 42.0 Å². The number of aliphatic hydroxyl groups excluding tert-OH is 4. The van der Waals surface area contributed by atoms with Gasteiger partial charge in [-0.25, -0.2) is 4.39 Å². The highest BCUT2D eigenvalue weighted by Crippen LogP contribution is 2.45. The second-order valence-corrected chi connectivity index (χ2v) is 10.5. The molecule has 9 heteroatoms. The van der Waals surface area contributed by atoms with E-state index in [1.165, 1.54) is 12.1 Å². The molecule has 212 valence electrons. The van der Waals surface area contributed by atoms with E-state index in [2.05, 4.69) is 0 Å². The van der Waals surface area contributed by atoms with Crippen LogP contribution in [-0.4, -0.2) is 70.1 Å². The van der Waals surface area contributed by atoms with Crippen LogP contribution in [0.15, 0.2) is 72.8 Å². The molecule has 5 rings (SSSR count). The Kier molecular flexibility index (Phi) is 8.48. The monoisotopic (exact) mass is 551 g/mol. The Hall–Kier alpha value is -3.34. The molecule has 0 saturated carbocycles. The van der Waals surface area contributed by atoms with E-state index in [0.717, 1.165) is 22.4 Å². The van der Waals surface area contributed by atoms with Crippen LogP contribution in [0.2, 0.25) is 0 Å². The van der Waals surface area contributed by atoms with Crippen molar-refractivity contribution < 1.29 is 39.1 Å². The maximum atomic E-state index is 13.3. The standard InChI is InChI=1S/C31H34FNO7/c1-18-2-10-22(11-3-18)33-27(24(31(33)38)14-15-39-23-12-8-21(32)9-13-23)20-6-4-19(5-7-20)16-25-28(35)30(37)29(36)26(17-34)40-25/h2-13,24-30,34-37H,14-17H2,1H3/t24-,25+,26-,27-,28+,29-,30-/m1/s1. The van der Waals surface area contributed by atoms with Gasteiger partial charge in [0.25, 0.3) is 0 Å². The molecule has 2 fully saturated rings. The molecule has 0 radical (unpaired) electrons. The number of halogens is 1. The number of nitrogens with zero attached hydrogens (tertiary/aromatic N) is 1. The number of aliphatic hydroxyl groups is 4. The lowest BCUT2D eigenvalue weighted by atomic mass is 9.79. The third-order valence-corrected chi connectivity index (χ3v) is 7.79. The molecule has 0 unspecified atom stereocenters. The van der Waals surface area contributed by atoms with Crippen LogP contribution in [-0.2, 0) is 16.0 Å². The van der Waals surface area contributed by atoms with Crippen LogP contribution in [0.4, 0.5) is 10.1 Å². The zero-order chi connectivity index (χ0) is 28.4. The molecule has 7 atom stereocenters. The predicted octanol–water partition coefficient (Wildman–Crippen LogP) is 2.69. The zero-order valence-electron chi connectivity index (χ0n) is 22.1. The molecule has 0 bridgehead atoms. The molecule has 2 heterocycles. The molecular formula is C31H34FNO7. The number of benzene rings is 3. The first-order valence-electron chi connectivity index (χ1n) is 13.4. The third kappa shape index (κ3) is 5.75. The van der Waals surface area contributed by atoms with Crippen LogP contribution in [0, 0.1) is 18.7 Å². The van der Waals surface area contributed by atoms with Crippen molar-refractivity contribution in [3.05, 3.63) is 95.3 Å². The fourth-order valence-electron chi connectivity index (χ4n) is 5.47. The van der Waals surface area contributed by atoms with Crippen molar-refractivity contribution in [2.45, 2.75) is 56.3 Å². The van der Waals surface area contributed by atoms with Crippen LogP contribution in [0.5, 0.6) is 5.75 Å². The summed E-state index contributed by atoms with van der Waals surface area (Å²) in [7, 11) is 0. The fourth-order valence-corrected chi connectivity index (χ4v) is 5.47. The summed E-state index contributed by atoms with van der Waals surface area (Å²) in [5.41, 5.74) is 3.66. The first-order valence-corrected chi connectivity index (χ1v) is 13.4. The minimum atomic E-state index is -1.42. The number of rotatable bonds is 9. The van der Waals surface area contributed by atoms with Crippen molar-refractivity contribution in [3.8, 4) is 5.75 Å². The summed E-state index contributed by atoms with van der Waals surface area (Å²) in [6.07, 6.45) is -5.12. The van der Waals surface area contributed by atoms with Gasteiger partial charge in [-0.05, 0) is 60.9 Å². The summed E-state index contributed by atoms with van der Waals surface area (Å²) in [4.78, 5) is 15.1. The first-order chi connectivity index (χ1) is 19.3. The molecule has 2 aliphatic heterocycles. The van der Waals surface area contributed by atoms with Gasteiger partial charge in [0.2, 0.25) is 5.91 Å². The second kappa shape index (κ2) is 12.0. The summed E-state index contributed by atoms with van der Waals surface area (Å²) in [6, 6.07) is 21.0. The van der Waals surface area contributed by atoms with Crippen molar-refractivity contribution >= 4 is 11.6 Å². The SMILES string of the molecule is Cc1ccc(N2C(=O)[C@H](CCOc3ccc(F)cc3)[C@H]2c2ccc(C[C@@H]3O[C@H](CO)[C@@H](O)[C@H](O)[C@H]3O)cc2)cc1. The Labute approximate surface area is 232 Å². The molecule has 8 nitrogen and oxygen atoms in total. The van der Waals surface area contributed by atoms with Gasteiger partial charge in [-0.15, -0.1) is 0 Å². The number of hydrogen-bond donors (Lipinski definition) is 4. The summed E-state index contributed by atoms with van der Waals surface area (Å²) >= 11 is 0. The van der Waals surface area contributed by atoms with Gasteiger partial charge in [-0.2, -0.15) is 0 Å². The molecule has 40 heavy (non-hydrogen) atoms. The number of hydrogen-bond acceptors (Lipinski definition) is 7. The number of β-lactam (4-membered cyclic amide) rings is 1. The van der Waals surface area contributed by atoms with Crippen molar-refractivity contribution in [2.24, 2.45) is 5.92 Å². The lowest BCUT2D eigenvalue weighted by Crippen LogP contribution is -2.59. The van der Waals surface area contributed by atoms with Gasteiger partial charge < -0.3 is 34.8 Å². The van der Waals surface area contributed by atoms with Crippen molar-refractivity contribution in [3.63, 3.8) is 0 Å². The lowest BCUT2D eigenvalue weighted by molar-refractivity contribution is -0.228. The van der Waals surface area contributed by atoms with Gasteiger partial charge in [0.15, 0.2) is 0 Å². The van der Waals surface area contributed by atoms with Crippen molar-refractivity contribution in [1.29, 1.82) is 0 Å². The Morgan fingerprint density at radius 2 is 1.52 bits per heavy atom. The van der Waals surface area contributed by atoms with Crippen molar-refractivity contribution in [1.82, 2.24) is 0 Å². The molecule has 1 amide bonds. The Balaban J connectivity index is 1.31. The predicted molar refractivity (Wildman–Crippen MR) is 145 cm³/mol. The number of amides is 1. The molecule has 3 aromatic carbocycles. The van der Waals surface area contributed by atoms with Crippen LogP contribution in [0.3, 0.4) is 0 Å². The summed E-state index contributed by atoms with van der Waals surface area (Å²) in [5.74, 6) is -0.108. The third-order valence-electron chi connectivity index (χ3n) is 7.79. The first kappa shape index (κ1) is 28.2. The molecular weight excluding hydrogens is 517 g/mol. The van der Waals surface area contributed by atoms with Gasteiger partial charge in [0, 0.05) is 12.1 Å². The topological polar surface area (TPSA) is 120 Å². The summed E-state index contributed by atoms with van der Waals surface area (Å²) in [6.45, 7) is 1.82. The van der Waals surface area contributed by atoms with Crippen LogP contribution < -0.4 is 9.64 Å². The number of carbonyl (C=O) groups is 1. The number of aryl methyl sites for hydroxylation is 1. The molecule has 2 saturated heterocycles. The van der Waals surface area contributed by atoms with E-state index >= 15 is 0 Å². The van der Waals surface area contributed by atoms with Gasteiger partial charge in [0.1, 0.15) is 36.0 Å². The molecule has 0 spiro atoms. The number of anilines is 1. The van der Waals surface area contributed by atoms with Gasteiger partial charge in [0.05, 0.1) is 31.3 Å². The zero-order valence-corrected chi connectivity index (χ0v) is 22.1. The molecule has 0 aromatic heterocycles. The molecule has 3 aromatic rings. The van der Waals surface area contributed by atoms with E-state index in [1.54, 1.807) is 17.0 Å². The van der Waals surface area contributed by atoms with Gasteiger partial charge in [-0.3, -0.25) is 4.79 Å². The van der Waals surface area contributed by atoms with E-state index in [9.17, 15) is 29.6 Å². The highest BCUT2D eigenvalue weighted by atomic mass is 19.1. The number of ether oxygens (including phenoxy) is 2. The van der Waals surface area contributed by atoms with Crippen LogP contribution in [0.1, 0.15) is 29.2 Å². The van der Waals surface area contributed by atoms with Crippen LogP contribution in [0.25, 0.3) is 0 Å². The Morgan fingerprint density at radius 3 is 2.17 bits per heavy atom. The van der Waals surface area contributed by atoms with Crippen molar-refractivity contribution in [2.75, 3.05) is 18.1 Å². The minimum Gasteiger partial charge on any atom is -0.494 e. The molecule has 4 N–H and O–H groups in total. The average molecular weight is 552 g/mol. The average Bonchev–Trinajstić information content (AvgIpc) is 2.96. The minimum absolute atomic E-state index is 0.00181. The fraction of sp³-hybridized carbons (Fsp3) is 0.387. The largest absolute Gasteiger partial charge is 0.494 e. The molecule has 0 aliphatic carbocycles. The van der Waals surface area contributed by atoms with E-state index in [-0.39, 0.29) is 30.1 Å².